The summed E-state index contributed by atoms with van der Waals surface area (Å²) in [7, 11) is 0. The quantitative estimate of drug-likeness (QED) is 0.159. The summed E-state index contributed by atoms with van der Waals surface area (Å²) in [5, 5.41) is 9.33. The molecule has 5 rings (SSSR count). The normalized spacial score (nSPS) is 10.6. The van der Waals surface area contributed by atoms with Crippen molar-refractivity contribution >= 4 is 17.9 Å². The first-order valence-electron chi connectivity index (χ1n) is 14.0. The van der Waals surface area contributed by atoms with Gasteiger partial charge in [0.25, 0.3) is 0 Å². The van der Waals surface area contributed by atoms with Crippen molar-refractivity contribution < 1.29 is 33.7 Å². The molecule has 7 heteroatoms. The number of carboxylic acids is 1. The molecule has 0 amide bonds. The molecule has 0 saturated heterocycles. The average molecular weight is 587 g/mol. The standard InChI is InChI=1S/C37H30O7/c1-25-19-30(17-18-34(25)35(38)39)29-13-8-14-33(21-29)42-22-26-15-16-31(23-43-36(40)27-9-4-2-5-10-27)32(20-26)24-44-37(41)28-11-6-3-7-12-28/h2-21H,22-24H2,1H3,(H,38,39). The van der Waals surface area contributed by atoms with Gasteiger partial charge in [0.2, 0.25) is 0 Å². The molecule has 7 nitrogen and oxygen atoms in total. The Morgan fingerprint density at radius 2 is 1.20 bits per heavy atom. The zero-order chi connectivity index (χ0) is 30.9. The molecule has 1 N–H and O–H groups in total. The number of hydrogen-bond acceptors (Lipinski definition) is 6. The van der Waals surface area contributed by atoms with E-state index >= 15 is 0 Å². The smallest absolute Gasteiger partial charge is 0.338 e. The van der Waals surface area contributed by atoms with Crippen molar-refractivity contribution in [2.24, 2.45) is 0 Å². The Hall–Kier alpha value is -5.69. The first-order valence-corrected chi connectivity index (χ1v) is 14.0. The fourth-order valence-corrected chi connectivity index (χ4v) is 4.66. The minimum atomic E-state index is -0.958. The highest BCUT2D eigenvalue weighted by atomic mass is 16.5. The molecule has 0 saturated carbocycles. The third kappa shape index (κ3) is 7.57. The summed E-state index contributed by atoms with van der Waals surface area (Å²) in [5.41, 5.74) is 5.85. The monoisotopic (exact) mass is 586 g/mol. The fourth-order valence-electron chi connectivity index (χ4n) is 4.66. The first kappa shape index (κ1) is 29.8. The van der Waals surface area contributed by atoms with E-state index in [1.54, 1.807) is 67.6 Å². The van der Waals surface area contributed by atoms with E-state index in [1.807, 2.05) is 60.7 Å². The van der Waals surface area contributed by atoms with Crippen molar-refractivity contribution in [3.63, 3.8) is 0 Å². The van der Waals surface area contributed by atoms with Crippen LogP contribution in [0.2, 0.25) is 0 Å². The van der Waals surface area contributed by atoms with E-state index in [0.717, 1.165) is 16.7 Å². The highest BCUT2D eigenvalue weighted by Gasteiger charge is 2.14. The van der Waals surface area contributed by atoms with Crippen LogP contribution in [-0.2, 0) is 29.3 Å². The highest BCUT2D eigenvalue weighted by Crippen LogP contribution is 2.27. The van der Waals surface area contributed by atoms with Crippen molar-refractivity contribution in [2.45, 2.75) is 26.7 Å². The van der Waals surface area contributed by atoms with Crippen LogP contribution in [0, 0.1) is 6.92 Å². The maximum absolute atomic E-state index is 12.6. The number of carbonyl (C=O) groups excluding carboxylic acids is 2. The van der Waals surface area contributed by atoms with Crippen LogP contribution >= 0.6 is 0 Å². The van der Waals surface area contributed by atoms with E-state index in [4.69, 9.17) is 14.2 Å². The van der Waals surface area contributed by atoms with Crippen LogP contribution in [0.4, 0.5) is 0 Å². The molecule has 0 atom stereocenters. The van der Waals surface area contributed by atoms with Crippen molar-refractivity contribution in [3.8, 4) is 16.9 Å². The maximum Gasteiger partial charge on any atom is 0.338 e. The van der Waals surface area contributed by atoms with Crippen LogP contribution in [0.5, 0.6) is 5.75 Å². The minimum Gasteiger partial charge on any atom is -0.489 e. The molecule has 0 aliphatic rings. The molecule has 44 heavy (non-hydrogen) atoms. The summed E-state index contributed by atoms with van der Waals surface area (Å²) in [5.74, 6) is -1.22. The summed E-state index contributed by atoms with van der Waals surface area (Å²) in [6, 6.07) is 35.9. The molecule has 0 unspecified atom stereocenters. The zero-order valence-electron chi connectivity index (χ0n) is 24.1. The van der Waals surface area contributed by atoms with Gasteiger partial charge in [0.05, 0.1) is 16.7 Å². The predicted molar refractivity (Wildman–Crippen MR) is 165 cm³/mol. The van der Waals surface area contributed by atoms with Gasteiger partial charge in [-0.3, -0.25) is 0 Å². The summed E-state index contributed by atoms with van der Waals surface area (Å²) < 4.78 is 17.3. The fraction of sp³-hybridized carbons (Fsp3) is 0.108. The Bertz CT molecular complexity index is 1780. The first-order chi connectivity index (χ1) is 21.4. The molecule has 0 radical (unpaired) electrons. The van der Waals surface area contributed by atoms with Gasteiger partial charge >= 0.3 is 17.9 Å². The van der Waals surface area contributed by atoms with Crippen molar-refractivity contribution in [3.05, 3.63) is 160 Å². The van der Waals surface area contributed by atoms with Gasteiger partial charge in [0, 0.05) is 0 Å². The van der Waals surface area contributed by atoms with E-state index < -0.39 is 17.9 Å². The van der Waals surface area contributed by atoms with Crippen LogP contribution < -0.4 is 4.74 Å². The van der Waals surface area contributed by atoms with E-state index in [0.29, 0.717) is 33.6 Å². The Balaban J connectivity index is 1.31. The van der Waals surface area contributed by atoms with E-state index in [-0.39, 0.29) is 25.4 Å². The Morgan fingerprint density at radius 1 is 0.591 bits per heavy atom. The van der Waals surface area contributed by atoms with E-state index in [1.165, 1.54) is 0 Å². The lowest BCUT2D eigenvalue weighted by Crippen LogP contribution is -2.10. The summed E-state index contributed by atoms with van der Waals surface area (Å²) in [6.07, 6.45) is 0. The lowest BCUT2D eigenvalue weighted by molar-refractivity contribution is 0.0435. The predicted octanol–water partition coefficient (Wildman–Crippen LogP) is 7.65. The highest BCUT2D eigenvalue weighted by molar-refractivity contribution is 5.91. The third-order valence-corrected chi connectivity index (χ3v) is 7.04. The van der Waals surface area contributed by atoms with Crippen molar-refractivity contribution in [2.75, 3.05) is 0 Å². The largest absolute Gasteiger partial charge is 0.489 e. The Labute approximate surface area is 255 Å². The van der Waals surface area contributed by atoms with Gasteiger partial charge in [-0.1, -0.05) is 72.8 Å². The van der Waals surface area contributed by atoms with Crippen LogP contribution in [0.25, 0.3) is 11.1 Å². The molecule has 5 aromatic rings. The number of hydrogen-bond donors (Lipinski definition) is 1. The molecular formula is C37H30O7. The van der Waals surface area contributed by atoms with Gasteiger partial charge in [-0.05, 0) is 88.8 Å². The van der Waals surface area contributed by atoms with Crippen LogP contribution in [0.3, 0.4) is 0 Å². The molecule has 0 aliphatic heterocycles. The second kappa shape index (κ2) is 14.0. The summed E-state index contributed by atoms with van der Waals surface area (Å²) >= 11 is 0. The van der Waals surface area contributed by atoms with Gasteiger partial charge < -0.3 is 19.3 Å². The van der Waals surface area contributed by atoms with E-state index in [2.05, 4.69) is 0 Å². The van der Waals surface area contributed by atoms with E-state index in [9.17, 15) is 19.5 Å². The zero-order valence-corrected chi connectivity index (χ0v) is 24.1. The molecular weight excluding hydrogens is 556 g/mol. The minimum absolute atomic E-state index is 0.00914. The molecule has 0 fully saturated rings. The van der Waals surface area contributed by atoms with Gasteiger partial charge in [0.15, 0.2) is 0 Å². The summed E-state index contributed by atoms with van der Waals surface area (Å²) in [6.45, 7) is 2.01. The number of ether oxygens (including phenoxy) is 3. The molecule has 0 aliphatic carbocycles. The number of aromatic carboxylic acids is 1. The molecule has 0 bridgehead atoms. The number of rotatable bonds is 11. The molecule has 0 spiro atoms. The molecule has 5 aromatic carbocycles. The Morgan fingerprint density at radius 3 is 1.82 bits per heavy atom. The lowest BCUT2D eigenvalue weighted by atomic mass is 10.00. The van der Waals surface area contributed by atoms with Crippen LogP contribution in [-0.4, -0.2) is 23.0 Å². The number of carbonyl (C=O) groups is 3. The molecule has 220 valence electrons. The van der Waals surface area contributed by atoms with Crippen LogP contribution in [0.1, 0.15) is 53.3 Å². The Kier molecular flexibility index (Phi) is 9.47. The van der Waals surface area contributed by atoms with Gasteiger partial charge in [0.1, 0.15) is 25.6 Å². The molecule has 0 heterocycles. The number of aryl methyl sites for hydroxylation is 1. The van der Waals surface area contributed by atoms with Gasteiger partial charge in [-0.15, -0.1) is 0 Å². The van der Waals surface area contributed by atoms with Crippen LogP contribution in [0.15, 0.2) is 121 Å². The molecule has 0 aromatic heterocycles. The second-order valence-electron chi connectivity index (χ2n) is 10.1. The number of carboxylic acid groups (broad SMARTS) is 1. The van der Waals surface area contributed by atoms with Crippen molar-refractivity contribution in [1.29, 1.82) is 0 Å². The van der Waals surface area contributed by atoms with Crippen molar-refractivity contribution in [1.82, 2.24) is 0 Å². The lowest BCUT2D eigenvalue weighted by Gasteiger charge is -2.14. The third-order valence-electron chi connectivity index (χ3n) is 7.04. The van der Waals surface area contributed by atoms with Gasteiger partial charge in [-0.2, -0.15) is 0 Å². The van der Waals surface area contributed by atoms with Gasteiger partial charge in [-0.25, -0.2) is 14.4 Å². The average Bonchev–Trinajstić information content (AvgIpc) is 3.06. The number of benzene rings is 5. The maximum atomic E-state index is 12.6. The number of esters is 2. The summed E-state index contributed by atoms with van der Waals surface area (Å²) in [4.78, 5) is 36.6. The SMILES string of the molecule is Cc1cc(-c2cccc(OCc3ccc(COC(=O)c4ccccc4)c(COC(=O)c4ccccc4)c3)c2)ccc1C(=O)O. The second-order valence-corrected chi connectivity index (χ2v) is 10.1. The topological polar surface area (TPSA) is 99.1 Å².